The maximum Gasteiger partial charge on any atom is 0.487 e. The predicted octanol–water partition coefficient (Wildman–Crippen LogP) is 3.05. The van der Waals surface area contributed by atoms with E-state index in [4.69, 9.17) is 9.31 Å². The standard InChI is InChI=1S/C15H28BNO2/c1-14(2)15(3,4)19-16(18-14)11-12-7-9-13(10-8-12)17(5)6/h11,13H,7-10H2,1-6H3. The van der Waals surface area contributed by atoms with E-state index < -0.39 is 0 Å². The van der Waals surface area contributed by atoms with Gasteiger partial charge in [0.05, 0.1) is 11.2 Å². The molecule has 2 fully saturated rings. The zero-order valence-corrected chi connectivity index (χ0v) is 13.3. The van der Waals surface area contributed by atoms with Crippen molar-refractivity contribution in [3.05, 3.63) is 11.5 Å². The van der Waals surface area contributed by atoms with Crippen molar-refractivity contribution < 1.29 is 9.31 Å². The van der Waals surface area contributed by atoms with Crippen LogP contribution in [0, 0.1) is 0 Å². The summed E-state index contributed by atoms with van der Waals surface area (Å²) in [5.74, 6) is 2.21. The first-order valence-electron chi connectivity index (χ1n) is 7.43. The van der Waals surface area contributed by atoms with E-state index in [2.05, 4.69) is 52.7 Å². The smallest absolute Gasteiger partial charge is 0.400 e. The molecule has 1 saturated heterocycles. The van der Waals surface area contributed by atoms with Crippen LogP contribution in [-0.2, 0) is 9.31 Å². The zero-order chi connectivity index (χ0) is 14.3. The molecular weight excluding hydrogens is 237 g/mol. The van der Waals surface area contributed by atoms with Crippen LogP contribution >= 0.6 is 0 Å². The second-order valence-electron chi connectivity index (χ2n) is 7.14. The number of nitrogens with zero attached hydrogens (tertiary/aromatic N) is 1. The Morgan fingerprint density at radius 2 is 1.53 bits per heavy atom. The normalized spacial score (nSPS) is 29.9. The molecular formula is C15H28BNO2. The Morgan fingerprint density at radius 1 is 1.05 bits per heavy atom. The van der Waals surface area contributed by atoms with Gasteiger partial charge in [-0.15, -0.1) is 0 Å². The summed E-state index contributed by atoms with van der Waals surface area (Å²) in [5, 5.41) is 0. The van der Waals surface area contributed by atoms with Crippen LogP contribution in [0.15, 0.2) is 11.5 Å². The summed E-state index contributed by atoms with van der Waals surface area (Å²) in [7, 11) is 4.18. The van der Waals surface area contributed by atoms with Crippen molar-refractivity contribution in [1.82, 2.24) is 4.90 Å². The van der Waals surface area contributed by atoms with Crippen molar-refractivity contribution in [3.63, 3.8) is 0 Å². The van der Waals surface area contributed by atoms with Crippen LogP contribution in [-0.4, -0.2) is 43.4 Å². The van der Waals surface area contributed by atoms with Crippen molar-refractivity contribution in [2.75, 3.05) is 14.1 Å². The molecule has 1 aliphatic heterocycles. The zero-order valence-electron chi connectivity index (χ0n) is 13.3. The van der Waals surface area contributed by atoms with Crippen LogP contribution in [0.2, 0.25) is 0 Å². The molecule has 0 spiro atoms. The van der Waals surface area contributed by atoms with Gasteiger partial charge in [0.2, 0.25) is 0 Å². The minimum absolute atomic E-state index is 0.170. The van der Waals surface area contributed by atoms with Gasteiger partial charge in [-0.1, -0.05) is 11.5 Å². The second-order valence-corrected chi connectivity index (χ2v) is 7.14. The molecule has 19 heavy (non-hydrogen) atoms. The molecule has 1 aliphatic carbocycles. The molecule has 3 nitrogen and oxygen atoms in total. The first-order chi connectivity index (χ1) is 8.71. The Balaban J connectivity index is 1.94. The second kappa shape index (κ2) is 5.23. The molecule has 4 heteroatoms. The third-order valence-electron chi connectivity index (χ3n) is 4.97. The van der Waals surface area contributed by atoms with Gasteiger partial charge in [0.15, 0.2) is 0 Å². The van der Waals surface area contributed by atoms with E-state index in [9.17, 15) is 0 Å². The highest BCUT2D eigenvalue weighted by atomic mass is 16.7. The average molecular weight is 265 g/mol. The quantitative estimate of drug-likeness (QED) is 0.716. The van der Waals surface area contributed by atoms with Crippen LogP contribution in [0.3, 0.4) is 0 Å². The Hall–Kier alpha value is -0.315. The largest absolute Gasteiger partial charge is 0.487 e. The summed E-state index contributed by atoms with van der Waals surface area (Å²) in [5.41, 5.74) is 1.04. The van der Waals surface area contributed by atoms with Gasteiger partial charge in [0.1, 0.15) is 0 Å². The van der Waals surface area contributed by atoms with Crippen LogP contribution in [0.4, 0.5) is 0 Å². The van der Waals surface area contributed by atoms with Crippen molar-refractivity contribution >= 4 is 7.12 Å². The van der Waals surface area contributed by atoms with Gasteiger partial charge in [-0.2, -0.15) is 0 Å². The van der Waals surface area contributed by atoms with E-state index in [-0.39, 0.29) is 18.3 Å². The SMILES string of the molecule is CN(C)C1CCC(=CB2OC(C)(C)C(C)(C)O2)CC1. The fourth-order valence-corrected chi connectivity index (χ4v) is 2.81. The van der Waals surface area contributed by atoms with Crippen LogP contribution in [0.5, 0.6) is 0 Å². The third-order valence-corrected chi connectivity index (χ3v) is 4.97. The van der Waals surface area contributed by atoms with Gasteiger partial charge in [0.25, 0.3) is 0 Å². The summed E-state index contributed by atoms with van der Waals surface area (Å²) in [6, 6.07) is 0.732. The fourth-order valence-electron chi connectivity index (χ4n) is 2.81. The van der Waals surface area contributed by atoms with Gasteiger partial charge < -0.3 is 14.2 Å². The van der Waals surface area contributed by atoms with Crippen molar-refractivity contribution in [2.24, 2.45) is 0 Å². The minimum Gasteiger partial charge on any atom is -0.400 e. The summed E-state index contributed by atoms with van der Waals surface area (Å²) >= 11 is 0. The Kier molecular flexibility index (Phi) is 4.15. The maximum absolute atomic E-state index is 6.03. The van der Waals surface area contributed by atoms with E-state index in [0.29, 0.717) is 0 Å². The van der Waals surface area contributed by atoms with Gasteiger partial charge in [-0.25, -0.2) is 0 Å². The topological polar surface area (TPSA) is 21.7 Å². The molecule has 1 heterocycles. The van der Waals surface area contributed by atoms with Crippen molar-refractivity contribution in [1.29, 1.82) is 0 Å². The lowest BCUT2D eigenvalue weighted by atomic mass is 9.80. The summed E-state index contributed by atoms with van der Waals surface area (Å²) in [6.45, 7) is 8.42. The highest BCUT2D eigenvalue weighted by Crippen LogP contribution is 2.38. The first kappa shape index (κ1) is 15.1. The number of rotatable bonds is 2. The lowest BCUT2D eigenvalue weighted by Crippen LogP contribution is -2.41. The Bertz CT molecular complexity index is 337. The van der Waals surface area contributed by atoms with Gasteiger partial charge in [-0.05, 0) is 67.5 Å². The van der Waals surface area contributed by atoms with Crippen molar-refractivity contribution in [2.45, 2.75) is 70.6 Å². The summed E-state index contributed by atoms with van der Waals surface area (Å²) < 4.78 is 12.1. The van der Waals surface area contributed by atoms with Crippen molar-refractivity contribution in [3.8, 4) is 0 Å². The molecule has 0 N–H and O–H groups in total. The van der Waals surface area contributed by atoms with E-state index in [0.717, 1.165) is 6.04 Å². The molecule has 0 atom stereocenters. The summed E-state index contributed by atoms with van der Waals surface area (Å²) in [4.78, 5) is 2.34. The first-order valence-corrected chi connectivity index (χ1v) is 7.43. The van der Waals surface area contributed by atoms with Crippen LogP contribution in [0.1, 0.15) is 53.4 Å². The number of hydrogen-bond donors (Lipinski definition) is 0. The average Bonchev–Trinajstić information content (AvgIpc) is 2.47. The molecule has 0 unspecified atom stereocenters. The van der Waals surface area contributed by atoms with Gasteiger partial charge in [0, 0.05) is 6.04 Å². The lowest BCUT2D eigenvalue weighted by molar-refractivity contribution is 0.00578. The molecule has 2 aliphatic rings. The van der Waals surface area contributed by atoms with E-state index in [1.807, 2.05) is 0 Å². The predicted molar refractivity (Wildman–Crippen MR) is 80.1 cm³/mol. The molecule has 0 aromatic carbocycles. The number of hydrogen-bond acceptors (Lipinski definition) is 3. The minimum atomic E-state index is -0.227. The lowest BCUT2D eigenvalue weighted by Gasteiger charge is -2.32. The summed E-state index contributed by atoms with van der Waals surface area (Å²) in [6.07, 6.45) is 4.84. The van der Waals surface area contributed by atoms with E-state index in [1.54, 1.807) is 0 Å². The molecule has 0 bridgehead atoms. The van der Waals surface area contributed by atoms with Crippen LogP contribution < -0.4 is 0 Å². The molecule has 0 aromatic rings. The van der Waals surface area contributed by atoms with E-state index >= 15 is 0 Å². The molecule has 1 saturated carbocycles. The Labute approximate surface area is 118 Å². The van der Waals surface area contributed by atoms with E-state index in [1.165, 1.54) is 31.3 Å². The molecule has 108 valence electrons. The highest BCUT2D eigenvalue weighted by Gasteiger charge is 2.50. The fraction of sp³-hybridized carbons (Fsp3) is 0.867. The third kappa shape index (κ3) is 3.23. The monoisotopic (exact) mass is 265 g/mol. The highest BCUT2D eigenvalue weighted by molar-refractivity contribution is 6.51. The molecule has 2 rings (SSSR count). The molecule has 0 amide bonds. The molecule has 0 radical (unpaired) electrons. The Morgan fingerprint density at radius 3 is 1.95 bits per heavy atom. The van der Waals surface area contributed by atoms with Crippen LogP contribution in [0.25, 0.3) is 0 Å². The maximum atomic E-state index is 6.03. The van der Waals surface area contributed by atoms with Gasteiger partial charge >= 0.3 is 7.12 Å². The molecule has 0 aromatic heterocycles. The van der Waals surface area contributed by atoms with Gasteiger partial charge in [-0.3, -0.25) is 0 Å². The number of allylic oxidation sites excluding steroid dienone is 1.